The van der Waals surface area contributed by atoms with Crippen molar-refractivity contribution < 1.29 is 8.81 Å². The molecule has 16 heavy (non-hydrogen) atoms. The van der Waals surface area contributed by atoms with Gasteiger partial charge in [-0.25, -0.2) is 14.4 Å². The molecule has 0 radical (unpaired) electrons. The third kappa shape index (κ3) is 1.37. The predicted molar refractivity (Wildman–Crippen MR) is 56.3 cm³/mol. The minimum absolute atomic E-state index is 0.295. The lowest BCUT2D eigenvalue weighted by Gasteiger charge is -1.86. The number of benzene rings is 1. The number of nitrogens with one attached hydrogen (secondary N) is 1. The number of hydrogen-bond donors (Lipinski definition) is 1. The first-order valence-corrected chi connectivity index (χ1v) is 4.80. The van der Waals surface area contributed by atoms with Gasteiger partial charge in [0.1, 0.15) is 5.82 Å². The monoisotopic (exact) mass is 217 g/mol. The van der Waals surface area contributed by atoms with Gasteiger partial charge in [0, 0.05) is 6.92 Å². The van der Waals surface area contributed by atoms with Gasteiger partial charge in [-0.05, 0) is 18.2 Å². The number of hydrogen-bond acceptors (Lipinski definition) is 3. The average molecular weight is 217 g/mol. The topological polar surface area (TPSA) is 54.7 Å². The summed E-state index contributed by atoms with van der Waals surface area (Å²) in [5.74, 6) is 1.38. The number of H-pyrrole nitrogens is 1. The van der Waals surface area contributed by atoms with Crippen LogP contribution in [0.5, 0.6) is 0 Å². The maximum absolute atomic E-state index is 13.0. The Morgan fingerprint density at radius 3 is 3.00 bits per heavy atom. The van der Waals surface area contributed by atoms with E-state index in [4.69, 9.17) is 4.42 Å². The molecular formula is C11H8FN3O. The van der Waals surface area contributed by atoms with E-state index in [-0.39, 0.29) is 5.82 Å². The van der Waals surface area contributed by atoms with E-state index in [9.17, 15) is 4.39 Å². The molecule has 80 valence electrons. The van der Waals surface area contributed by atoms with E-state index in [1.807, 2.05) is 0 Å². The van der Waals surface area contributed by atoms with Crippen molar-refractivity contribution in [1.29, 1.82) is 0 Å². The van der Waals surface area contributed by atoms with Crippen LogP contribution in [0.1, 0.15) is 5.89 Å². The fourth-order valence-corrected chi connectivity index (χ4v) is 1.57. The van der Waals surface area contributed by atoms with Crippen LogP contribution in [0.15, 0.2) is 28.8 Å². The molecule has 0 aliphatic carbocycles. The van der Waals surface area contributed by atoms with Gasteiger partial charge in [0.2, 0.25) is 0 Å². The van der Waals surface area contributed by atoms with Gasteiger partial charge in [0.25, 0.3) is 0 Å². The second kappa shape index (κ2) is 3.16. The van der Waals surface area contributed by atoms with Crippen LogP contribution in [-0.4, -0.2) is 15.0 Å². The molecular weight excluding hydrogens is 209 g/mol. The van der Waals surface area contributed by atoms with Crippen LogP contribution in [0.4, 0.5) is 4.39 Å². The third-order valence-electron chi connectivity index (χ3n) is 2.30. The standard InChI is InChI=1S/C11H8FN3O/c1-6-13-5-10(16-6)11-14-8-3-2-7(12)4-9(8)15-11/h2-5H,1H3,(H,14,15). The number of oxazole rings is 1. The zero-order valence-corrected chi connectivity index (χ0v) is 8.49. The van der Waals surface area contributed by atoms with Gasteiger partial charge in [-0.1, -0.05) is 0 Å². The van der Waals surface area contributed by atoms with Gasteiger partial charge in [0.05, 0.1) is 17.2 Å². The highest BCUT2D eigenvalue weighted by molar-refractivity contribution is 5.78. The first kappa shape index (κ1) is 9.08. The number of fused-ring (bicyclic) bond motifs is 1. The lowest BCUT2D eigenvalue weighted by atomic mass is 10.3. The summed E-state index contributed by atoms with van der Waals surface area (Å²) in [7, 11) is 0. The van der Waals surface area contributed by atoms with Crippen molar-refractivity contribution in [1.82, 2.24) is 15.0 Å². The molecule has 1 N–H and O–H groups in total. The molecule has 5 heteroatoms. The Balaban J connectivity index is 2.18. The maximum atomic E-state index is 13.0. The van der Waals surface area contributed by atoms with Gasteiger partial charge in [0.15, 0.2) is 17.5 Å². The first-order valence-electron chi connectivity index (χ1n) is 4.80. The smallest absolute Gasteiger partial charge is 0.191 e. The van der Waals surface area contributed by atoms with Crippen LogP contribution >= 0.6 is 0 Å². The maximum Gasteiger partial charge on any atom is 0.191 e. The normalized spacial score (nSPS) is 11.1. The van der Waals surface area contributed by atoms with Crippen LogP contribution in [0, 0.1) is 12.7 Å². The summed E-state index contributed by atoms with van der Waals surface area (Å²) in [5.41, 5.74) is 1.34. The van der Waals surface area contributed by atoms with Gasteiger partial charge in [-0.2, -0.15) is 0 Å². The molecule has 0 fully saturated rings. The number of aryl methyl sites for hydroxylation is 1. The Labute approximate surface area is 90.1 Å². The third-order valence-corrected chi connectivity index (χ3v) is 2.30. The van der Waals surface area contributed by atoms with Crippen LogP contribution < -0.4 is 0 Å². The summed E-state index contributed by atoms with van der Waals surface area (Å²) >= 11 is 0. The summed E-state index contributed by atoms with van der Waals surface area (Å²) in [6.45, 7) is 1.76. The Morgan fingerprint density at radius 2 is 2.25 bits per heavy atom. The van der Waals surface area contributed by atoms with Gasteiger partial charge < -0.3 is 9.40 Å². The lowest BCUT2D eigenvalue weighted by Crippen LogP contribution is -1.74. The average Bonchev–Trinajstić information content (AvgIpc) is 2.83. The van der Waals surface area contributed by atoms with E-state index in [1.54, 1.807) is 19.2 Å². The molecule has 3 aromatic rings. The quantitative estimate of drug-likeness (QED) is 0.681. The predicted octanol–water partition coefficient (Wildman–Crippen LogP) is 2.67. The molecule has 0 aliphatic rings. The summed E-state index contributed by atoms with van der Waals surface area (Å²) in [4.78, 5) is 11.2. The Kier molecular flexibility index (Phi) is 1.80. The first-order chi connectivity index (χ1) is 7.72. The molecule has 0 saturated carbocycles. The highest BCUT2D eigenvalue weighted by Gasteiger charge is 2.09. The molecule has 2 heterocycles. The molecule has 0 unspecified atom stereocenters. The summed E-state index contributed by atoms with van der Waals surface area (Å²) < 4.78 is 18.3. The zero-order chi connectivity index (χ0) is 11.1. The van der Waals surface area contributed by atoms with E-state index in [0.717, 1.165) is 0 Å². The summed E-state index contributed by atoms with van der Waals surface area (Å²) in [6.07, 6.45) is 1.59. The highest BCUT2D eigenvalue weighted by atomic mass is 19.1. The second-order valence-electron chi connectivity index (χ2n) is 3.49. The fraction of sp³-hybridized carbons (Fsp3) is 0.0909. The van der Waals surface area contributed by atoms with Crippen LogP contribution in [-0.2, 0) is 0 Å². The number of aromatic nitrogens is 3. The van der Waals surface area contributed by atoms with Crippen molar-refractivity contribution in [3.8, 4) is 11.6 Å². The molecule has 0 aliphatic heterocycles. The van der Waals surface area contributed by atoms with Crippen molar-refractivity contribution >= 4 is 11.0 Å². The van der Waals surface area contributed by atoms with E-state index >= 15 is 0 Å². The summed E-state index contributed by atoms with van der Waals surface area (Å²) in [6, 6.07) is 4.39. The largest absolute Gasteiger partial charge is 0.438 e. The SMILES string of the molecule is Cc1ncc(-c2nc3ccc(F)cc3[nH]2)o1. The van der Waals surface area contributed by atoms with Gasteiger partial charge in [-0.15, -0.1) is 0 Å². The molecule has 0 bridgehead atoms. The van der Waals surface area contributed by atoms with Crippen LogP contribution in [0.2, 0.25) is 0 Å². The number of rotatable bonds is 1. The van der Waals surface area contributed by atoms with E-state index in [2.05, 4.69) is 15.0 Å². The van der Waals surface area contributed by atoms with Crippen molar-refractivity contribution in [3.63, 3.8) is 0 Å². The molecule has 0 atom stereocenters. The number of aromatic amines is 1. The molecule has 3 rings (SSSR count). The van der Waals surface area contributed by atoms with Crippen molar-refractivity contribution in [2.75, 3.05) is 0 Å². The number of halogens is 1. The Bertz CT molecular complexity index is 656. The second-order valence-corrected chi connectivity index (χ2v) is 3.49. The van der Waals surface area contributed by atoms with Crippen molar-refractivity contribution in [2.24, 2.45) is 0 Å². The van der Waals surface area contributed by atoms with Gasteiger partial charge in [-0.3, -0.25) is 0 Å². The number of nitrogens with zero attached hydrogens (tertiary/aromatic N) is 2. The Morgan fingerprint density at radius 1 is 1.38 bits per heavy atom. The zero-order valence-electron chi connectivity index (χ0n) is 8.49. The Hall–Kier alpha value is -2.17. The van der Waals surface area contributed by atoms with E-state index in [1.165, 1.54) is 12.1 Å². The molecule has 2 aromatic heterocycles. The van der Waals surface area contributed by atoms with E-state index < -0.39 is 0 Å². The molecule has 0 spiro atoms. The van der Waals surface area contributed by atoms with Crippen molar-refractivity contribution in [2.45, 2.75) is 6.92 Å². The number of imidazole rings is 1. The minimum Gasteiger partial charge on any atom is -0.438 e. The summed E-state index contributed by atoms with van der Waals surface area (Å²) in [5, 5.41) is 0. The molecule has 1 aromatic carbocycles. The molecule has 0 amide bonds. The highest BCUT2D eigenvalue weighted by Crippen LogP contribution is 2.21. The minimum atomic E-state index is -0.295. The molecule has 4 nitrogen and oxygen atoms in total. The van der Waals surface area contributed by atoms with Gasteiger partial charge >= 0.3 is 0 Å². The van der Waals surface area contributed by atoms with Crippen LogP contribution in [0.3, 0.4) is 0 Å². The van der Waals surface area contributed by atoms with Crippen molar-refractivity contribution in [3.05, 3.63) is 36.1 Å². The lowest BCUT2D eigenvalue weighted by molar-refractivity contribution is 0.531. The van der Waals surface area contributed by atoms with Crippen LogP contribution in [0.25, 0.3) is 22.6 Å². The molecule has 0 saturated heterocycles. The van der Waals surface area contributed by atoms with E-state index in [0.29, 0.717) is 28.5 Å². The fourth-order valence-electron chi connectivity index (χ4n) is 1.57.